The Kier molecular flexibility index (Phi) is 6.35. The smallest absolute Gasteiger partial charge is 0.359 e. The van der Waals surface area contributed by atoms with Crippen molar-refractivity contribution in [3.8, 4) is 17.1 Å². The summed E-state index contributed by atoms with van der Waals surface area (Å²) in [5, 5.41) is 0.113. The van der Waals surface area contributed by atoms with Gasteiger partial charge in [0.05, 0.1) is 31.5 Å². The number of hydrogen-bond acceptors (Lipinski definition) is 8. The molecule has 0 spiro atoms. The molecular formula is C23H23ClFN5O3. The monoisotopic (exact) mass is 471 g/mol. The fourth-order valence-corrected chi connectivity index (χ4v) is 4.15. The number of halogens is 2. The quantitative estimate of drug-likeness (QED) is 0.542. The lowest BCUT2D eigenvalue weighted by molar-refractivity contribution is 0.0595. The summed E-state index contributed by atoms with van der Waals surface area (Å²) in [6, 6.07) is 12.7. The number of benzene rings is 2. The largest absolute Gasteiger partial charge is 0.492 e. The summed E-state index contributed by atoms with van der Waals surface area (Å²) in [6.45, 7) is 2.56. The van der Waals surface area contributed by atoms with E-state index in [-0.39, 0.29) is 40.7 Å². The number of carbonyl (C=O) groups excluding carboxylic acids is 1. The fourth-order valence-electron chi connectivity index (χ4n) is 3.92. The van der Waals surface area contributed by atoms with Crippen molar-refractivity contribution < 1.29 is 18.7 Å². The van der Waals surface area contributed by atoms with Crippen molar-refractivity contribution >= 4 is 29.1 Å². The van der Waals surface area contributed by atoms with Crippen LogP contribution in [-0.2, 0) is 11.3 Å². The molecule has 2 heterocycles. The zero-order chi connectivity index (χ0) is 23.7. The first-order valence-corrected chi connectivity index (χ1v) is 10.6. The van der Waals surface area contributed by atoms with E-state index in [1.165, 1.54) is 26.4 Å². The average Bonchev–Trinajstić information content (AvgIpc) is 3.09. The highest BCUT2D eigenvalue weighted by atomic mass is 35.5. The highest BCUT2D eigenvalue weighted by molar-refractivity contribution is 6.32. The maximum absolute atomic E-state index is 15.2. The van der Waals surface area contributed by atoms with Crippen LogP contribution in [0, 0.1) is 5.82 Å². The Bertz CT molecular complexity index is 1190. The van der Waals surface area contributed by atoms with E-state index >= 15 is 4.39 Å². The summed E-state index contributed by atoms with van der Waals surface area (Å²) in [6.07, 6.45) is -0.234. The van der Waals surface area contributed by atoms with Crippen LogP contribution in [0.2, 0.25) is 5.02 Å². The minimum Gasteiger partial charge on any atom is -0.492 e. The van der Waals surface area contributed by atoms with Gasteiger partial charge in [0, 0.05) is 6.54 Å². The molecule has 1 aliphatic rings. The van der Waals surface area contributed by atoms with Crippen molar-refractivity contribution in [2.24, 2.45) is 5.73 Å². The van der Waals surface area contributed by atoms with Crippen molar-refractivity contribution in [3.05, 3.63) is 64.6 Å². The van der Waals surface area contributed by atoms with Crippen molar-refractivity contribution in [2.45, 2.75) is 19.6 Å². The Hall–Kier alpha value is -3.43. The first-order chi connectivity index (χ1) is 15.9. The molecule has 3 aromatic rings. The molecule has 0 aliphatic carbocycles. The molecule has 1 unspecified atom stereocenters. The van der Waals surface area contributed by atoms with E-state index in [1.54, 1.807) is 0 Å². The van der Waals surface area contributed by atoms with Gasteiger partial charge in [-0.1, -0.05) is 41.9 Å². The van der Waals surface area contributed by atoms with Crippen molar-refractivity contribution in [3.63, 3.8) is 0 Å². The third kappa shape index (κ3) is 3.94. The number of methoxy groups -OCH3 is 2. The summed E-state index contributed by atoms with van der Waals surface area (Å²) in [5.74, 6) is -1.07. The third-order valence-electron chi connectivity index (χ3n) is 5.59. The van der Waals surface area contributed by atoms with Gasteiger partial charge in [0.25, 0.3) is 0 Å². The van der Waals surface area contributed by atoms with Gasteiger partial charge in [0.1, 0.15) is 11.9 Å². The summed E-state index contributed by atoms with van der Waals surface area (Å²) in [5.41, 5.74) is 7.55. The SMILES string of the molecule is COC(=O)c1nc(-c2ccc(Cl)c(OC)c2F)nc2c1N(CN)C(C)N2Cc1ccccc1. The molecule has 2 N–H and O–H groups in total. The lowest BCUT2D eigenvalue weighted by Crippen LogP contribution is -2.43. The number of nitrogens with zero attached hydrogens (tertiary/aromatic N) is 4. The van der Waals surface area contributed by atoms with Crippen LogP contribution in [0.3, 0.4) is 0 Å². The Morgan fingerprint density at radius 1 is 1.15 bits per heavy atom. The first kappa shape index (κ1) is 22.8. The second-order valence-electron chi connectivity index (χ2n) is 7.40. The Morgan fingerprint density at radius 3 is 2.52 bits per heavy atom. The number of rotatable bonds is 6. The van der Waals surface area contributed by atoms with E-state index in [0.29, 0.717) is 18.1 Å². The average molecular weight is 472 g/mol. The van der Waals surface area contributed by atoms with E-state index in [1.807, 2.05) is 47.1 Å². The van der Waals surface area contributed by atoms with E-state index in [0.717, 1.165) is 5.56 Å². The van der Waals surface area contributed by atoms with Gasteiger partial charge in [0.15, 0.2) is 28.9 Å². The maximum Gasteiger partial charge on any atom is 0.359 e. The van der Waals surface area contributed by atoms with Crippen LogP contribution >= 0.6 is 11.6 Å². The minimum atomic E-state index is -0.725. The van der Waals surface area contributed by atoms with Gasteiger partial charge in [-0.2, -0.15) is 0 Å². The van der Waals surface area contributed by atoms with Crippen molar-refractivity contribution in [1.29, 1.82) is 0 Å². The lowest BCUT2D eigenvalue weighted by atomic mass is 10.1. The van der Waals surface area contributed by atoms with Crippen molar-refractivity contribution in [1.82, 2.24) is 9.97 Å². The maximum atomic E-state index is 15.2. The molecule has 33 heavy (non-hydrogen) atoms. The molecule has 172 valence electrons. The number of nitrogens with two attached hydrogens (primary N) is 1. The van der Waals surface area contributed by atoms with E-state index in [9.17, 15) is 4.79 Å². The molecular weight excluding hydrogens is 449 g/mol. The van der Waals surface area contributed by atoms with E-state index in [4.69, 9.17) is 26.8 Å². The Balaban J connectivity index is 1.94. The minimum absolute atomic E-state index is 0.00122. The molecule has 0 saturated heterocycles. The zero-order valence-electron chi connectivity index (χ0n) is 18.4. The zero-order valence-corrected chi connectivity index (χ0v) is 19.1. The predicted molar refractivity (Wildman–Crippen MR) is 124 cm³/mol. The van der Waals surface area contributed by atoms with Crippen LogP contribution in [0.25, 0.3) is 11.4 Å². The summed E-state index contributed by atoms with van der Waals surface area (Å²) < 4.78 is 25.3. The van der Waals surface area contributed by atoms with Crippen LogP contribution in [-0.4, -0.2) is 43.0 Å². The molecule has 2 aromatic carbocycles. The molecule has 0 bridgehead atoms. The van der Waals surface area contributed by atoms with Gasteiger partial charge < -0.3 is 25.0 Å². The number of aromatic nitrogens is 2. The number of esters is 1. The van der Waals surface area contributed by atoms with E-state index < -0.39 is 11.8 Å². The first-order valence-electron chi connectivity index (χ1n) is 10.2. The van der Waals surface area contributed by atoms with Gasteiger partial charge in [-0.25, -0.2) is 19.2 Å². The third-order valence-corrected chi connectivity index (χ3v) is 5.89. The normalized spacial score (nSPS) is 14.9. The Morgan fingerprint density at radius 2 is 1.88 bits per heavy atom. The lowest BCUT2D eigenvalue weighted by Gasteiger charge is -2.28. The van der Waals surface area contributed by atoms with Crippen LogP contribution in [0.5, 0.6) is 5.75 Å². The number of anilines is 2. The molecule has 4 rings (SSSR count). The van der Waals surface area contributed by atoms with Gasteiger partial charge in [-0.3, -0.25) is 0 Å². The molecule has 0 amide bonds. The summed E-state index contributed by atoms with van der Waals surface area (Å²) in [4.78, 5) is 25.6. The standard InChI is InChI=1S/C23H23ClFN5O3/c1-13-29(11-14-7-5-4-6-8-14)22-19(30(13)12-26)18(23(31)33-3)27-21(28-22)15-9-10-16(24)20(32-2)17(15)25/h4-10,13H,11-12,26H2,1-3H3. The second kappa shape index (κ2) is 9.21. The van der Waals surface area contributed by atoms with Crippen LogP contribution < -0.4 is 20.3 Å². The van der Waals surface area contributed by atoms with Crippen LogP contribution in [0.15, 0.2) is 42.5 Å². The second-order valence-corrected chi connectivity index (χ2v) is 7.81. The highest BCUT2D eigenvalue weighted by Crippen LogP contribution is 2.43. The topological polar surface area (TPSA) is 93.8 Å². The van der Waals surface area contributed by atoms with Crippen LogP contribution in [0.4, 0.5) is 15.9 Å². The van der Waals surface area contributed by atoms with Crippen LogP contribution in [0.1, 0.15) is 23.0 Å². The van der Waals surface area contributed by atoms with Gasteiger partial charge in [-0.15, -0.1) is 0 Å². The van der Waals surface area contributed by atoms with Gasteiger partial charge in [0.2, 0.25) is 0 Å². The Labute approximate surface area is 195 Å². The van der Waals surface area contributed by atoms with Gasteiger partial charge in [-0.05, 0) is 24.6 Å². The molecule has 1 aromatic heterocycles. The molecule has 0 saturated carbocycles. The predicted octanol–water partition coefficient (Wildman–Crippen LogP) is 3.82. The number of hydrogen-bond donors (Lipinski definition) is 1. The van der Waals surface area contributed by atoms with E-state index in [2.05, 4.69) is 9.97 Å². The molecule has 1 aliphatic heterocycles. The number of ether oxygens (including phenoxy) is 2. The fraction of sp³-hybridized carbons (Fsp3) is 0.261. The summed E-state index contributed by atoms with van der Waals surface area (Å²) in [7, 11) is 2.58. The molecule has 8 nitrogen and oxygen atoms in total. The molecule has 1 atom stereocenters. The molecule has 10 heteroatoms. The van der Waals surface area contributed by atoms with Crippen molar-refractivity contribution in [2.75, 3.05) is 30.7 Å². The summed E-state index contributed by atoms with van der Waals surface area (Å²) >= 11 is 6.05. The molecule has 0 radical (unpaired) electrons. The van der Waals surface area contributed by atoms with Gasteiger partial charge >= 0.3 is 5.97 Å². The highest BCUT2D eigenvalue weighted by Gasteiger charge is 2.39. The number of carbonyl (C=O) groups is 1. The molecule has 0 fully saturated rings. The number of fused-ring (bicyclic) bond motifs is 1.